The number of aryl methyl sites for hydroxylation is 1. The molecule has 0 heterocycles. The summed E-state index contributed by atoms with van der Waals surface area (Å²) in [6.07, 6.45) is 0.177. The van der Waals surface area contributed by atoms with Crippen molar-refractivity contribution in [2.45, 2.75) is 26.4 Å². The molecule has 0 aromatic heterocycles. The first kappa shape index (κ1) is 18.3. The molecular formula is C19H22N2O4. The van der Waals surface area contributed by atoms with Crippen LogP contribution in [0.25, 0.3) is 0 Å². The smallest absolute Gasteiger partial charge is 0.279 e. The van der Waals surface area contributed by atoms with Gasteiger partial charge >= 0.3 is 0 Å². The number of carbonyl (C=O) groups is 2. The van der Waals surface area contributed by atoms with Gasteiger partial charge in [0.2, 0.25) is 0 Å². The highest BCUT2D eigenvalue weighted by molar-refractivity contribution is 5.98. The van der Waals surface area contributed by atoms with E-state index in [4.69, 9.17) is 9.47 Å². The first-order chi connectivity index (χ1) is 12.0. The van der Waals surface area contributed by atoms with Crippen molar-refractivity contribution >= 4 is 11.8 Å². The van der Waals surface area contributed by atoms with Crippen molar-refractivity contribution < 1.29 is 19.1 Å². The van der Waals surface area contributed by atoms with Crippen LogP contribution >= 0.6 is 0 Å². The van der Waals surface area contributed by atoms with Gasteiger partial charge in [-0.2, -0.15) is 0 Å². The van der Waals surface area contributed by atoms with E-state index in [0.717, 1.165) is 6.42 Å². The van der Waals surface area contributed by atoms with Crippen LogP contribution in [0.1, 0.15) is 29.8 Å². The van der Waals surface area contributed by atoms with Gasteiger partial charge in [0, 0.05) is 0 Å². The molecule has 0 bridgehead atoms. The van der Waals surface area contributed by atoms with Gasteiger partial charge in [0.05, 0.1) is 12.7 Å². The van der Waals surface area contributed by atoms with Crippen LogP contribution in [-0.2, 0) is 11.2 Å². The fraction of sp³-hybridized carbons (Fsp3) is 0.263. The van der Waals surface area contributed by atoms with Crippen LogP contribution in [0.3, 0.4) is 0 Å². The lowest BCUT2D eigenvalue weighted by molar-refractivity contribution is -0.128. The Labute approximate surface area is 147 Å². The molecule has 0 radical (unpaired) electrons. The number of para-hydroxylation sites is 1. The molecule has 2 N–H and O–H groups in total. The molecule has 132 valence electrons. The Morgan fingerprint density at radius 2 is 1.72 bits per heavy atom. The Morgan fingerprint density at radius 1 is 1.04 bits per heavy atom. The number of amides is 2. The van der Waals surface area contributed by atoms with E-state index in [2.05, 4.69) is 17.8 Å². The van der Waals surface area contributed by atoms with Crippen molar-refractivity contribution in [2.75, 3.05) is 7.11 Å². The molecule has 0 aliphatic rings. The zero-order chi connectivity index (χ0) is 18.2. The molecule has 2 aromatic rings. The third-order valence-electron chi connectivity index (χ3n) is 3.66. The summed E-state index contributed by atoms with van der Waals surface area (Å²) in [4.78, 5) is 24.2. The monoisotopic (exact) mass is 342 g/mol. The van der Waals surface area contributed by atoms with E-state index in [9.17, 15) is 9.59 Å². The molecule has 0 spiro atoms. The Balaban J connectivity index is 1.89. The fourth-order valence-electron chi connectivity index (χ4n) is 2.18. The lowest BCUT2D eigenvalue weighted by Crippen LogP contribution is -2.47. The molecule has 0 saturated carbocycles. The van der Waals surface area contributed by atoms with Crippen molar-refractivity contribution in [3.63, 3.8) is 0 Å². The summed E-state index contributed by atoms with van der Waals surface area (Å²) in [5, 5.41) is 0. The second-order valence-electron chi connectivity index (χ2n) is 5.40. The molecule has 25 heavy (non-hydrogen) atoms. The highest BCUT2D eigenvalue weighted by Gasteiger charge is 2.17. The van der Waals surface area contributed by atoms with Gasteiger partial charge < -0.3 is 9.47 Å². The highest BCUT2D eigenvalue weighted by atomic mass is 16.5. The van der Waals surface area contributed by atoms with Gasteiger partial charge in [0.15, 0.2) is 6.10 Å². The summed E-state index contributed by atoms with van der Waals surface area (Å²) in [6.45, 7) is 3.68. The summed E-state index contributed by atoms with van der Waals surface area (Å²) >= 11 is 0. The number of methoxy groups -OCH3 is 1. The van der Waals surface area contributed by atoms with E-state index in [1.54, 1.807) is 31.2 Å². The molecule has 2 amide bonds. The van der Waals surface area contributed by atoms with Crippen LogP contribution in [0.4, 0.5) is 0 Å². The van der Waals surface area contributed by atoms with Crippen molar-refractivity contribution in [3.05, 3.63) is 59.7 Å². The van der Waals surface area contributed by atoms with Crippen LogP contribution < -0.4 is 20.3 Å². The van der Waals surface area contributed by atoms with Gasteiger partial charge in [-0.25, -0.2) is 0 Å². The van der Waals surface area contributed by atoms with E-state index in [1.807, 2.05) is 24.3 Å². The summed E-state index contributed by atoms with van der Waals surface area (Å²) in [5.74, 6) is 0.0959. The minimum absolute atomic E-state index is 0.328. The van der Waals surface area contributed by atoms with E-state index in [-0.39, 0.29) is 0 Å². The van der Waals surface area contributed by atoms with E-state index >= 15 is 0 Å². The maximum absolute atomic E-state index is 12.1. The predicted octanol–water partition coefficient (Wildman–Crippen LogP) is 2.49. The van der Waals surface area contributed by atoms with Gasteiger partial charge in [-0.15, -0.1) is 0 Å². The van der Waals surface area contributed by atoms with Crippen molar-refractivity contribution in [2.24, 2.45) is 0 Å². The van der Waals surface area contributed by atoms with Crippen LogP contribution in [0, 0.1) is 0 Å². The number of carbonyl (C=O) groups excluding carboxylic acids is 2. The average Bonchev–Trinajstić information content (AvgIpc) is 2.66. The molecule has 2 rings (SSSR count). The Hall–Kier alpha value is -3.02. The van der Waals surface area contributed by atoms with Gasteiger partial charge in [0.1, 0.15) is 11.5 Å². The van der Waals surface area contributed by atoms with Gasteiger partial charge in [-0.3, -0.25) is 20.4 Å². The zero-order valence-electron chi connectivity index (χ0n) is 14.5. The van der Waals surface area contributed by atoms with Crippen molar-refractivity contribution in [3.8, 4) is 11.5 Å². The average molecular weight is 342 g/mol. The quantitative estimate of drug-likeness (QED) is 0.791. The third kappa shape index (κ3) is 4.97. The SMILES string of the molecule is CCc1ccc(O[C@H](C)C(=O)NNC(=O)c2ccccc2OC)cc1. The summed E-state index contributed by atoms with van der Waals surface area (Å²) < 4.78 is 10.7. The predicted molar refractivity (Wildman–Crippen MR) is 94.5 cm³/mol. The Bertz CT molecular complexity index is 728. The Morgan fingerprint density at radius 3 is 2.36 bits per heavy atom. The number of hydrogen-bond donors (Lipinski definition) is 2. The van der Waals surface area contributed by atoms with Crippen molar-refractivity contribution in [1.29, 1.82) is 0 Å². The second-order valence-corrected chi connectivity index (χ2v) is 5.40. The summed E-state index contributed by atoms with van der Waals surface area (Å²) in [6, 6.07) is 14.3. The lowest BCUT2D eigenvalue weighted by Gasteiger charge is -2.16. The largest absolute Gasteiger partial charge is 0.496 e. The van der Waals surface area contributed by atoms with Crippen LogP contribution in [0.2, 0.25) is 0 Å². The standard InChI is InChI=1S/C19H22N2O4/c1-4-14-9-11-15(12-10-14)25-13(2)18(22)20-21-19(23)16-7-5-6-8-17(16)24-3/h5-13H,4H2,1-3H3,(H,20,22)(H,21,23)/t13-/m1/s1. The lowest BCUT2D eigenvalue weighted by atomic mass is 10.2. The van der Waals surface area contributed by atoms with Gasteiger partial charge in [0.25, 0.3) is 11.8 Å². The van der Waals surface area contributed by atoms with Crippen molar-refractivity contribution in [1.82, 2.24) is 10.9 Å². The number of ether oxygens (including phenoxy) is 2. The summed E-state index contributed by atoms with van der Waals surface area (Å²) in [5.41, 5.74) is 6.23. The topological polar surface area (TPSA) is 76.7 Å². The van der Waals surface area contributed by atoms with Crippen LogP contribution in [-0.4, -0.2) is 25.0 Å². The summed E-state index contributed by atoms with van der Waals surface area (Å²) in [7, 11) is 1.48. The van der Waals surface area contributed by atoms with Crippen LogP contribution in [0.5, 0.6) is 11.5 Å². The molecular weight excluding hydrogens is 320 g/mol. The molecule has 6 nitrogen and oxygen atoms in total. The third-order valence-corrected chi connectivity index (χ3v) is 3.66. The van der Waals surface area contributed by atoms with Crippen LogP contribution in [0.15, 0.2) is 48.5 Å². The minimum Gasteiger partial charge on any atom is -0.496 e. The maximum Gasteiger partial charge on any atom is 0.279 e. The highest BCUT2D eigenvalue weighted by Crippen LogP contribution is 2.17. The minimum atomic E-state index is -0.759. The molecule has 0 aliphatic carbocycles. The molecule has 6 heteroatoms. The first-order valence-electron chi connectivity index (χ1n) is 8.04. The second kappa shape index (κ2) is 8.73. The molecule has 0 saturated heterocycles. The maximum atomic E-state index is 12.1. The Kier molecular flexibility index (Phi) is 6.39. The normalized spacial score (nSPS) is 11.3. The zero-order valence-corrected chi connectivity index (χ0v) is 14.5. The molecule has 0 fully saturated rings. The molecule has 0 aliphatic heterocycles. The molecule has 0 unspecified atom stereocenters. The first-order valence-corrected chi connectivity index (χ1v) is 8.04. The number of rotatable bonds is 6. The number of hydrogen-bond acceptors (Lipinski definition) is 4. The fourth-order valence-corrected chi connectivity index (χ4v) is 2.18. The van der Waals surface area contributed by atoms with E-state index in [1.165, 1.54) is 12.7 Å². The number of benzene rings is 2. The molecule has 1 atom stereocenters. The van der Waals surface area contributed by atoms with E-state index < -0.39 is 17.9 Å². The molecule has 2 aromatic carbocycles. The number of nitrogens with one attached hydrogen (secondary N) is 2. The number of hydrazine groups is 1. The van der Waals surface area contributed by atoms with E-state index in [0.29, 0.717) is 17.1 Å². The van der Waals surface area contributed by atoms with Gasteiger partial charge in [-0.1, -0.05) is 31.2 Å². The van der Waals surface area contributed by atoms with Gasteiger partial charge in [-0.05, 0) is 43.2 Å².